The quantitative estimate of drug-likeness (QED) is 0.585. The van der Waals surface area contributed by atoms with Crippen LogP contribution in [-0.2, 0) is 15.6 Å². The second-order valence-corrected chi connectivity index (χ2v) is 9.06. The Bertz CT molecular complexity index is 743. The van der Waals surface area contributed by atoms with Crippen molar-refractivity contribution in [3.8, 4) is 0 Å². The average molecular weight is 442 g/mol. The van der Waals surface area contributed by atoms with E-state index in [1.807, 2.05) is 6.07 Å². The molecule has 106 valence electrons. The molecule has 0 unspecified atom stereocenters. The lowest BCUT2D eigenvalue weighted by Crippen LogP contribution is -2.22. The molecule has 0 bridgehead atoms. The summed E-state index contributed by atoms with van der Waals surface area (Å²) in [4.78, 5) is 12.6. The van der Waals surface area contributed by atoms with Crippen LogP contribution in [0.3, 0.4) is 0 Å². The van der Waals surface area contributed by atoms with Crippen LogP contribution in [0, 0.1) is 3.57 Å². The number of carbonyl (C=O) groups is 1. The van der Waals surface area contributed by atoms with Crippen molar-refractivity contribution in [2.45, 2.75) is 10.8 Å². The normalized spacial score (nSPS) is 11.3. The van der Waals surface area contributed by atoms with Gasteiger partial charge in [0.15, 0.2) is 0 Å². The van der Waals surface area contributed by atoms with Crippen molar-refractivity contribution in [1.29, 1.82) is 0 Å². The Balaban J connectivity index is 2.02. The molecule has 0 aliphatic heterocycles. The van der Waals surface area contributed by atoms with Crippen LogP contribution >= 0.6 is 44.6 Å². The summed E-state index contributed by atoms with van der Waals surface area (Å²) < 4.78 is 23.3. The third-order valence-electron chi connectivity index (χ3n) is 2.39. The van der Waals surface area contributed by atoms with Crippen LogP contribution in [0.1, 0.15) is 15.2 Å². The van der Waals surface area contributed by atoms with Gasteiger partial charge in [-0.2, -0.15) is 0 Å². The number of carbonyl (C=O) groups excluding carboxylic acids is 1. The van der Waals surface area contributed by atoms with Gasteiger partial charge in [-0.15, -0.1) is 11.3 Å². The molecule has 8 heteroatoms. The van der Waals surface area contributed by atoms with Crippen molar-refractivity contribution in [2.75, 3.05) is 0 Å². The molecule has 0 fully saturated rings. The second kappa shape index (κ2) is 6.42. The van der Waals surface area contributed by atoms with Gasteiger partial charge in [0.25, 0.3) is 15.0 Å². The highest BCUT2D eigenvalue weighted by Gasteiger charge is 2.13. The maximum atomic E-state index is 11.9. The number of halogens is 2. The van der Waals surface area contributed by atoms with E-state index >= 15 is 0 Å². The molecule has 0 saturated carbocycles. The molecule has 0 spiro atoms. The van der Waals surface area contributed by atoms with Gasteiger partial charge in [0.05, 0.1) is 6.54 Å². The highest BCUT2D eigenvalue weighted by atomic mass is 127. The molecule has 4 nitrogen and oxygen atoms in total. The Morgan fingerprint density at radius 3 is 2.65 bits per heavy atom. The maximum Gasteiger partial charge on any atom is 0.270 e. The zero-order valence-electron chi connectivity index (χ0n) is 9.97. The molecule has 0 saturated heterocycles. The predicted molar refractivity (Wildman–Crippen MR) is 87.7 cm³/mol. The van der Waals surface area contributed by atoms with E-state index in [-0.39, 0.29) is 16.7 Å². The lowest BCUT2D eigenvalue weighted by Gasteiger charge is -2.03. The van der Waals surface area contributed by atoms with E-state index in [2.05, 4.69) is 27.9 Å². The van der Waals surface area contributed by atoms with Gasteiger partial charge >= 0.3 is 0 Å². The van der Waals surface area contributed by atoms with Gasteiger partial charge < -0.3 is 5.32 Å². The van der Waals surface area contributed by atoms with Crippen LogP contribution in [0.4, 0.5) is 0 Å². The Labute approximate surface area is 138 Å². The average Bonchev–Trinajstić information content (AvgIpc) is 2.84. The fourth-order valence-electron chi connectivity index (χ4n) is 1.48. The lowest BCUT2D eigenvalue weighted by atomic mass is 10.2. The predicted octanol–water partition coefficient (Wildman–Crippen LogP) is 3.21. The molecule has 2 rings (SSSR count). The largest absolute Gasteiger partial charge is 0.347 e. The zero-order valence-corrected chi connectivity index (χ0v) is 14.5. The number of nitrogens with one attached hydrogen (secondary N) is 1. The number of hydrogen-bond acceptors (Lipinski definition) is 4. The molecule has 20 heavy (non-hydrogen) atoms. The van der Waals surface area contributed by atoms with Gasteiger partial charge in [-0.3, -0.25) is 4.79 Å². The van der Waals surface area contributed by atoms with Crippen molar-refractivity contribution >= 4 is 59.6 Å². The minimum absolute atomic E-state index is 0.0812. The van der Waals surface area contributed by atoms with Crippen LogP contribution in [0.2, 0.25) is 0 Å². The Hall–Kier alpha value is -0.640. The number of hydrogen-bond donors (Lipinski definition) is 1. The van der Waals surface area contributed by atoms with Crippen molar-refractivity contribution < 1.29 is 13.2 Å². The number of rotatable bonds is 4. The minimum atomic E-state index is -3.70. The summed E-state index contributed by atoms with van der Waals surface area (Å²) in [5.41, 5.74) is 0.568. The summed E-state index contributed by atoms with van der Waals surface area (Å²) in [5.74, 6) is -0.202. The van der Waals surface area contributed by atoms with Crippen LogP contribution in [0.25, 0.3) is 0 Å². The third kappa shape index (κ3) is 4.18. The van der Waals surface area contributed by atoms with E-state index in [1.54, 1.807) is 24.3 Å². The molecule has 0 radical (unpaired) electrons. The molecule has 1 amide bonds. The highest BCUT2D eigenvalue weighted by molar-refractivity contribution is 14.1. The minimum Gasteiger partial charge on any atom is -0.347 e. The second-order valence-electron chi connectivity index (χ2n) is 3.85. The van der Waals surface area contributed by atoms with Gasteiger partial charge in [-0.05, 0) is 52.9 Å². The molecular formula is C12H9ClINO3S2. The van der Waals surface area contributed by atoms with Crippen molar-refractivity contribution in [2.24, 2.45) is 0 Å². The van der Waals surface area contributed by atoms with E-state index < -0.39 is 9.05 Å². The van der Waals surface area contributed by atoms with E-state index in [0.717, 1.165) is 19.8 Å². The molecule has 0 aliphatic rings. The number of benzene rings is 1. The van der Waals surface area contributed by atoms with Crippen LogP contribution < -0.4 is 5.32 Å². The summed E-state index contributed by atoms with van der Waals surface area (Å²) in [6, 6.07) is 10.3. The van der Waals surface area contributed by atoms with Crippen LogP contribution in [-0.4, -0.2) is 14.3 Å². The standard InChI is InChI=1S/C12H9ClINO3S2/c13-20(17,18)11-5-4-10(19-11)7-15-12(16)8-2-1-3-9(14)6-8/h1-6H,7H2,(H,15,16). The Morgan fingerprint density at radius 1 is 1.30 bits per heavy atom. The highest BCUT2D eigenvalue weighted by Crippen LogP contribution is 2.24. The summed E-state index contributed by atoms with van der Waals surface area (Å²) in [6.45, 7) is 0.265. The van der Waals surface area contributed by atoms with E-state index in [4.69, 9.17) is 10.7 Å². The molecular weight excluding hydrogens is 433 g/mol. The fraction of sp³-hybridized carbons (Fsp3) is 0.0833. The van der Waals surface area contributed by atoms with Gasteiger partial charge in [0.2, 0.25) is 0 Å². The molecule has 1 heterocycles. The van der Waals surface area contributed by atoms with Crippen LogP contribution in [0.5, 0.6) is 0 Å². The van der Waals surface area contributed by atoms with Gasteiger partial charge in [0, 0.05) is 24.7 Å². The molecule has 0 aliphatic carbocycles. The summed E-state index contributed by atoms with van der Waals surface area (Å²) in [7, 11) is 1.54. The Morgan fingerprint density at radius 2 is 2.05 bits per heavy atom. The van der Waals surface area contributed by atoms with Crippen LogP contribution in [0.15, 0.2) is 40.6 Å². The summed E-state index contributed by atoms with van der Waals surface area (Å²) in [6.07, 6.45) is 0. The van der Waals surface area contributed by atoms with Gasteiger partial charge in [-0.25, -0.2) is 8.42 Å². The zero-order chi connectivity index (χ0) is 14.8. The topological polar surface area (TPSA) is 63.2 Å². The summed E-state index contributed by atoms with van der Waals surface area (Å²) in [5, 5.41) is 2.74. The smallest absolute Gasteiger partial charge is 0.270 e. The Kier molecular flexibility index (Phi) is 5.05. The first-order chi connectivity index (χ1) is 9.36. The first-order valence-electron chi connectivity index (χ1n) is 5.43. The van der Waals surface area contributed by atoms with E-state index in [9.17, 15) is 13.2 Å². The molecule has 1 aromatic heterocycles. The molecule has 0 atom stereocenters. The van der Waals surface area contributed by atoms with E-state index in [1.165, 1.54) is 6.07 Å². The molecule has 1 N–H and O–H groups in total. The van der Waals surface area contributed by atoms with Gasteiger partial charge in [-0.1, -0.05) is 6.07 Å². The molecule has 1 aromatic carbocycles. The monoisotopic (exact) mass is 441 g/mol. The molecule has 2 aromatic rings. The number of amides is 1. The third-order valence-corrected chi connectivity index (χ3v) is 6.24. The first kappa shape index (κ1) is 15.7. The van der Waals surface area contributed by atoms with Crippen molar-refractivity contribution in [3.05, 3.63) is 50.4 Å². The van der Waals surface area contributed by atoms with Crippen molar-refractivity contribution in [1.82, 2.24) is 5.32 Å². The first-order valence-corrected chi connectivity index (χ1v) is 9.64. The number of thiophene rings is 1. The lowest BCUT2D eigenvalue weighted by molar-refractivity contribution is 0.0951. The van der Waals surface area contributed by atoms with Crippen molar-refractivity contribution in [3.63, 3.8) is 0 Å². The summed E-state index contributed by atoms with van der Waals surface area (Å²) >= 11 is 3.18. The SMILES string of the molecule is O=C(NCc1ccc(S(=O)(=O)Cl)s1)c1cccc(I)c1. The fourth-order valence-corrected chi connectivity index (χ4v) is 4.09. The maximum absolute atomic E-state index is 11.9. The van der Waals surface area contributed by atoms with Gasteiger partial charge in [0.1, 0.15) is 4.21 Å². The van der Waals surface area contributed by atoms with E-state index in [0.29, 0.717) is 5.56 Å².